The van der Waals surface area contributed by atoms with Crippen molar-refractivity contribution in [1.82, 2.24) is 0 Å². The maximum atomic E-state index is 11.6. The molecule has 0 unspecified atom stereocenters. The van der Waals surface area contributed by atoms with Crippen LogP contribution in [0.25, 0.3) is 0 Å². The van der Waals surface area contributed by atoms with Crippen molar-refractivity contribution < 1.29 is 22.3 Å². The fraction of sp³-hybridized carbons (Fsp3) is 1.00. The van der Waals surface area contributed by atoms with E-state index < -0.39 is 18.6 Å². The molecule has 0 aliphatic rings. The van der Waals surface area contributed by atoms with E-state index in [0.717, 1.165) is 0 Å². The maximum Gasteiger partial charge on any atom is 0.347 e. The summed E-state index contributed by atoms with van der Waals surface area (Å²) in [4.78, 5) is 0. The molecule has 2 atom stereocenters. The Labute approximate surface area is 53.5 Å². The van der Waals surface area contributed by atoms with Gasteiger partial charge in [0, 0.05) is 0 Å². The maximum absolute atomic E-state index is 11.6. The van der Waals surface area contributed by atoms with E-state index in [2.05, 4.69) is 16.3 Å². The third-order valence-electron chi connectivity index (χ3n) is 0.431. The molecule has 6 heteroatoms. The molecule has 0 radical (unpaired) electrons. The fourth-order valence-electron chi connectivity index (χ4n) is 0.158. The smallest absolute Gasteiger partial charge is 0.284 e. The van der Waals surface area contributed by atoms with Crippen LogP contribution in [0.4, 0.5) is 17.6 Å². The first-order valence-corrected chi connectivity index (χ1v) is 2.33. The van der Waals surface area contributed by atoms with Crippen molar-refractivity contribution in [3.05, 3.63) is 0 Å². The van der Waals surface area contributed by atoms with Crippen molar-refractivity contribution in [2.75, 3.05) is 0 Å². The van der Waals surface area contributed by atoms with Crippen LogP contribution in [0.15, 0.2) is 0 Å². The number of halogens is 5. The summed E-state index contributed by atoms with van der Waals surface area (Å²) in [6.07, 6.45) is -2.76. The summed E-state index contributed by atoms with van der Waals surface area (Å²) in [7, 11) is 0. The minimum atomic E-state index is -3.34. The molecule has 0 aliphatic carbocycles. The van der Waals surface area contributed by atoms with Crippen LogP contribution in [0, 0.1) is 0 Å². The number of alkyl halides is 5. The molecule has 0 amide bonds. The monoisotopic (exact) mass is 166 g/mol. The first-order chi connectivity index (χ1) is 4.04. The van der Waals surface area contributed by atoms with Crippen molar-refractivity contribution in [3.63, 3.8) is 0 Å². The molecule has 0 saturated carbocycles. The van der Waals surface area contributed by atoms with Gasteiger partial charge < -0.3 is 0 Å². The van der Waals surface area contributed by atoms with E-state index in [1.165, 1.54) is 0 Å². The zero-order chi connectivity index (χ0) is 7.44. The lowest BCUT2D eigenvalue weighted by atomic mass is 10.7. The van der Waals surface area contributed by atoms with Crippen LogP contribution in [0.1, 0.15) is 0 Å². The predicted octanol–water partition coefficient (Wildman–Crippen LogP) is 2.06. The number of hydrogen-bond donors (Lipinski definition) is 0. The summed E-state index contributed by atoms with van der Waals surface area (Å²) in [5, 5.41) is 0. The highest BCUT2D eigenvalue weighted by Crippen LogP contribution is 2.12. The molecule has 0 saturated heterocycles. The van der Waals surface area contributed by atoms with Crippen LogP contribution >= 0.6 is 11.6 Å². The Morgan fingerprint density at radius 1 is 1.11 bits per heavy atom. The lowest BCUT2D eigenvalue weighted by Crippen LogP contribution is -2.18. The normalized spacial score (nSPS) is 18.0. The van der Waals surface area contributed by atoms with E-state index in [9.17, 15) is 17.6 Å². The van der Waals surface area contributed by atoms with Crippen molar-refractivity contribution in [3.8, 4) is 0 Å². The van der Waals surface area contributed by atoms with Crippen LogP contribution in [0.3, 0.4) is 0 Å². The van der Waals surface area contributed by atoms with Crippen LogP contribution in [-0.4, -0.2) is 18.6 Å². The Morgan fingerprint density at radius 3 is 1.67 bits per heavy atom. The van der Waals surface area contributed by atoms with E-state index in [1.54, 1.807) is 0 Å². The molecule has 0 aromatic rings. The third-order valence-corrected chi connectivity index (χ3v) is 0.629. The Bertz CT molecular complexity index is 78.2. The zero-order valence-electron chi connectivity index (χ0n) is 4.03. The van der Waals surface area contributed by atoms with Crippen molar-refractivity contribution in [1.29, 1.82) is 0 Å². The second-order valence-corrected chi connectivity index (χ2v) is 1.50. The van der Waals surface area contributed by atoms with Gasteiger partial charge in [-0.25, -0.2) is 8.78 Å². The summed E-state index contributed by atoms with van der Waals surface area (Å²) >= 11 is 4.37. The van der Waals surface area contributed by atoms with Crippen LogP contribution < -0.4 is 0 Å². The first kappa shape index (κ1) is 8.97. The second-order valence-electron chi connectivity index (χ2n) is 1.08. The molecule has 1 nitrogen and oxygen atoms in total. The molecule has 0 N–H and O–H groups in total. The summed E-state index contributed by atoms with van der Waals surface area (Å²) in [5.74, 6) is 0. The van der Waals surface area contributed by atoms with Gasteiger partial charge in [-0.15, -0.1) is 0 Å². The largest absolute Gasteiger partial charge is 0.347 e. The van der Waals surface area contributed by atoms with Gasteiger partial charge in [0.1, 0.15) is 0 Å². The van der Waals surface area contributed by atoms with Gasteiger partial charge >= 0.3 is 6.61 Å². The Morgan fingerprint density at radius 2 is 1.56 bits per heavy atom. The molecule has 0 aromatic heterocycles. The predicted molar refractivity (Wildman–Crippen MR) is 22.7 cm³/mol. The molecule has 0 aromatic carbocycles. The van der Waals surface area contributed by atoms with Gasteiger partial charge in [-0.2, -0.15) is 8.78 Å². The molecule has 56 valence electrons. The molecule has 0 aliphatic heterocycles. The lowest BCUT2D eigenvalue weighted by molar-refractivity contribution is -0.209. The molecule has 0 fully saturated rings. The van der Waals surface area contributed by atoms with E-state index in [4.69, 9.17) is 0 Å². The second kappa shape index (κ2) is 3.90. The first-order valence-electron chi connectivity index (χ1n) is 1.90. The zero-order valence-corrected chi connectivity index (χ0v) is 4.79. The molecular formula is C3H3ClF4O. The number of ether oxygens (including phenoxy) is 1. The lowest BCUT2D eigenvalue weighted by Gasteiger charge is -2.06. The summed E-state index contributed by atoms with van der Waals surface area (Å²) in [5.41, 5.74) is -2.54. The van der Waals surface area contributed by atoms with Crippen molar-refractivity contribution >= 4 is 11.6 Å². The number of rotatable bonds is 3. The molecule has 0 heterocycles. The van der Waals surface area contributed by atoms with Crippen molar-refractivity contribution in [2.24, 2.45) is 0 Å². The molecule has 9 heavy (non-hydrogen) atoms. The SMILES string of the molecule is FC(F)O[C@H](F)[C@H](F)Cl. The average molecular weight is 167 g/mol. The van der Waals surface area contributed by atoms with E-state index in [1.807, 2.05) is 0 Å². The van der Waals surface area contributed by atoms with Gasteiger partial charge in [-0.3, -0.25) is 4.74 Å². The Balaban J connectivity index is 3.38. The molecule has 0 spiro atoms. The molecule has 0 rings (SSSR count). The van der Waals surface area contributed by atoms with E-state index in [-0.39, 0.29) is 0 Å². The topological polar surface area (TPSA) is 9.23 Å². The van der Waals surface area contributed by atoms with Crippen LogP contribution in [0.2, 0.25) is 0 Å². The summed E-state index contributed by atoms with van der Waals surface area (Å²) < 4.78 is 47.9. The summed E-state index contributed by atoms with van der Waals surface area (Å²) in [6.45, 7) is -3.34. The highest BCUT2D eigenvalue weighted by atomic mass is 35.5. The van der Waals surface area contributed by atoms with E-state index in [0.29, 0.717) is 0 Å². The quantitative estimate of drug-likeness (QED) is 0.461. The van der Waals surface area contributed by atoms with E-state index >= 15 is 0 Å². The van der Waals surface area contributed by atoms with Gasteiger partial charge in [0.15, 0.2) is 0 Å². The number of hydrogen-bond acceptors (Lipinski definition) is 1. The standard InChI is InChI=1S/C3H3ClF4O/c4-1(5)2(6)9-3(7)8/h1-3H/t1-,2-/m0/s1. The fourth-order valence-corrected chi connectivity index (χ4v) is 0.217. The third kappa shape index (κ3) is 4.47. The van der Waals surface area contributed by atoms with Gasteiger partial charge in [-0.05, 0) is 0 Å². The Kier molecular flexibility index (Phi) is 3.88. The van der Waals surface area contributed by atoms with Gasteiger partial charge in [0.2, 0.25) is 12.0 Å². The molecule has 0 bridgehead atoms. The van der Waals surface area contributed by atoms with Crippen LogP contribution in [-0.2, 0) is 4.74 Å². The van der Waals surface area contributed by atoms with Gasteiger partial charge in [0.25, 0.3) is 0 Å². The highest BCUT2D eigenvalue weighted by Gasteiger charge is 2.21. The van der Waals surface area contributed by atoms with Crippen molar-refractivity contribution in [2.45, 2.75) is 18.6 Å². The van der Waals surface area contributed by atoms with Gasteiger partial charge in [-0.1, -0.05) is 11.6 Å². The average Bonchev–Trinajstić information content (AvgIpc) is 1.63. The van der Waals surface area contributed by atoms with Gasteiger partial charge in [0.05, 0.1) is 0 Å². The highest BCUT2D eigenvalue weighted by molar-refractivity contribution is 6.19. The minimum Gasteiger partial charge on any atom is -0.284 e. The Hall–Kier alpha value is -0.0300. The molecular weight excluding hydrogens is 163 g/mol. The van der Waals surface area contributed by atoms with Crippen LogP contribution in [0.5, 0.6) is 0 Å². The minimum absolute atomic E-state index is 2.54. The summed E-state index contributed by atoms with van der Waals surface area (Å²) in [6, 6.07) is 0.